The summed E-state index contributed by atoms with van der Waals surface area (Å²) in [6.45, 7) is 1.27. The van der Waals surface area contributed by atoms with Crippen LogP contribution in [-0.4, -0.2) is 44.1 Å². The summed E-state index contributed by atoms with van der Waals surface area (Å²) in [7, 11) is 1.44. The van der Waals surface area contributed by atoms with E-state index >= 15 is 0 Å². The lowest BCUT2D eigenvalue weighted by Crippen LogP contribution is -2.48. The van der Waals surface area contributed by atoms with Crippen molar-refractivity contribution in [1.29, 1.82) is 0 Å². The summed E-state index contributed by atoms with van der Waals surface area (Å²) in [5.74, 6) is -1.59. The van der Waals surface area contributed by atoms with E-state index in [1.54, 1.807) is 0 Å². The first kappa shape index (κ1) is 24.3. The van der Waals surface area contributed by atoms with Gasteiger partial charge in [0.2, 0.25) is 0 Å². The van der Waals surface area contributed by atoms with Gasteiger partial charge in [0.1, 0.15) is 18.3 Å². The summed E-state index contributed by atoms with van der Waals surface area (Å²) in [4.78, 5) is 12.2. The first-order valence-corrected chi connectivity index (χ1v) is 11.4. The standard InChI is InChI=1S/C28H30O6/c1-30-28(21-29)27(33-19-24-15-9-4-10-16-24)26(32-18-23-13-7-3-8-14-23)25(34-28)20-31-17-22-11-5-2-6-12-22/h2-16,21,25-27H,17-20H2,1H3/t25-,26-,27+,28?/m0/s1. The molecule has 1 unspecified atom stereocenters. The second kappa shape index (κ2) is 12.0. The molecule has 1 aliphatic rings. The molecule has 0 aromatic heterocycles. The Bertz CT molecular complexity index is 997. The lowest BCUT2D eigenvalue weighted by molar-refractivity contribution is -0.237. The molecular formula is C28H30O6. The zero-order chi connectivity index (χ0) is 23.6. The molecule has 1 saturated heterocycles. The van der Waals surface area contributed by atoms with Gasteiger partial charge in [-0.05, 0) is 16.7 Å². The third-order valence-electron chi connectivity index (χ3n) is 5.83. The average molecular weight is 463 g/mol. The van der Waals surface area contributed by atoms with Crippen molar-refractivity contribution >= 4 is 6.29 Å². The molecule has 1 fully saturated rings. The fourth-order valence-electron chi connectivity index (χ4n) is 4.03. The zero-order valence-corrected chi connectivity index (χ0v) is 19.2. The monoisotopic (exact) mass is 462 g/mol. The van der Waals surface area contributed by atoms with E-state index in [0.717, 1.165) is 16.7 Å². The van der Waals surface area contributed by atoms with E-state index in [4.69, 9.17) is 23.7 Å². The maximum Gasteiger partial charge on any atom is 0.255 e. The van der Waals surface area contributed by atoms with Gasteiger partial charge in [0.05, 0.1) is 26.4 Å². The number of hydrogen-bond donors (Lipinski definition) is 0. The normalized spacial score (nSPS) is 24.2. The van der Waals surface area contributed by atoms with Crippen LogP contribution in [0.1, 0.15) is 16.7 Å². The van der Waals surface area contributed by atoms with Gasteiger partial charge in [-0.25, -0.2) is 0 Å². The Hall–Kier alpha value is -2.87. The minimum absolute atomic E-state index is 0.221. The van der Waals surface area contributed by atoms with Crippen LogP contribution in [0.2, 0.25) is 0 Å². The topological polar surface area (TPSA) is 63.2 Å². The quantitative estimate of drug-likeness (QED) is 0.374. The van der Waals surface area contributed by atoms with E-state index < -0.39 is 24.1 Å². The fourth-order valence-corrected chi connectivity index (χ4v) is 4.03. The summed E-state index contributed by atoms with van der Waals surface area (Å²) >= 11 is 0. The van der Waals surface area contributed by atoms with Crippen molar-refractivity contribution in [3.63, 3.8) is 0 Å². The minimum Gasteiger partial charge on any atom is -0.374 e. The molecule has 0 radical (unpaired) electrons. The third kappa shape index (κ3) is 5.97. The van der Waals surface area contributed by atoms with Gasteiger partial charge in [-0.2, -0.15) is 0 Å². The van der Waals surface area contributed by atoms with Gasteiger partial charge in [0.15, 0.2) is 6.29 Å². The molecule has 3 aromatic rings. The van der Waals surface area contributed by atoms with E-state index in [1.807, 2.05) is 91.0 Å². The molecule has 0 aliphatic carbocycles. The lowest BCUT2D eigenvalue weighted by atomic mass is 10.0. The molecule has 0 amide bonds. The van der Waals surface area contributed by atoms with Gasteiger partial charge in [-0.3, -0.25) is 4.79 Å². The van der Waals surface area contributed by atoms with Crippen LogP contribution in [-0.2, 0) is 48.3 Å². The largest absolute Gasteiger partial charge is 0.374 e. The highest BCUT2D eigenvalue weighted by Crippen LogP contribution is 2.36. The highest BCUT2D eigenvalue weighted by Gasteiger charge is 2.58. The Labute approximate surface area is 200 Å². The van der Waals surface area contributed by atoms with Gasteiger partial charge in [0.25, 0.3) is 5.79 Å². The first-order chi connectivity index (χ1) is 16.7. The van der Waals surface area contributed by atoms with Crippen LogP contribution in [0.3, 0.4) is 0 Å². The summed E-state index contributed by atoms with van der Waals surface area (Å²) in [5.41, 5.74) is 3.03. The minimum atomic E-state index is -1.59. The number of rotatable bonds is 12. The summed E-state index contributed by atoms with van der Waals surface area (Å²) < 4.78 is 30.2. The van der Waals surface area contributed by atoms with Gasteiger partial charge >= 0.3 is 0 Å². The van der Waals surface area contributed by atoms with E-state index in [9.17, 15) is 4.79 Å². The second-order valence-electron chi connectivity index (χ2n) is 8.18. The van der Waals surface area contributed by atoms with Crippen LogP contribution in [0.15, 0.2) is 91.0 Å². The van der Waals surface area contributed by atoms with E-state index in [2.05, 4.69) is 0 Å². The molecular weight excluding hydrogens is 432 g/mol. The number of aldehydes is 1. The maximum atomic E-state index is 12.2. The van der Waals surface area contributed by atoms with Crippen LogP contribution < -0.4 is 0 Å². The zero-order valence-electron chi connectivity index (χ0n) is 19.2. The summed E-state index contributed by atoms with van der Waals surface area (Å²) in [5, 5.41) is 0. The highest BCUT2D eigenvalue weighted by molar-refractivity contribution is 5.62. The third-order valence-corrected chi connectivity index (χ3v) is 5.83. The molecule has 4 rings (SSSR count). The molecule has 3 aromatic carbocycles. The van der Waals surface area contributed by atoms with Gasteiger partial charge in [-0.1, -0.05) is 91.0 Å². The number of methoxy groups -OCH3 is 1. The van der Waals surface area contributed by atoms with Crippen molar-refractivity contribution in [3.05, 3.63) is 108 Å². The molecule has 6 heteroatoms. The van der Waals surface area contributed by atoms with Gasteiger partial charge in [0, 0.05) is 7.11 Å². The Kier molecular flexibility index (Phi) is 8.57. The number of ether oxygens (including phenoxy) is 5. The van der Waals surface area contributed by atoms with Gasteiger partial charge < -0.3 is 23.7 Å². The molecule has 178 valence electrons. The van der Waals surface area contributed by atoms with Crippen molar-refractivity contribution in [3.8, 4) is 0 Å². The van der Waals surface area contributed by atoms with Crippen LogP contribution in [0.5, 0.6) is 0 Å². The Morgan fingerprint density at radius 3 is 1.76 bits per heavy atom. The summed E-state index contributed by atoms with van der Waals surface area (Å²) in [6.07, 6.45) is -1.26. The Balaban J connectivity index is 1.51. The molecule has 1 aliphatic heterocycles. The number of benzene rings is 3. The number of carbonyl (C=O) groups is 1. The smallest absolute Gasteiger partial charge is 0.255 e. The molecule has 0 spiro atoms. The summed E-state index contributed by atoms with van der Waals surface area (Å²) in [6, 6.07) is 29.5. The van der Waals surface area contributed by atoms with E-state index in [-0.39, 0.29) is 13.2 Å². The van der Waals surface area contributed by atoms with Crippen LogP contribution >= 0.6 is 0 Å². The van der Waals surface area contributed by atoms with Crippen molar-refractivity contribution in [2.45, 2.75) is 43.9 Å². The van der Waals surface area contributed by atoms with Gasteiger partial charge in [-0.15, -0.1) is 0 Å². The maximum absolute atomic E-state index is 12.2. The van der Waals surface area contributed by atoms with Crippen molar-refractivity contribution in [2.75, 3.05) is 13.7 Å². The van der Waals surface area contributed by atoms with Crippen LogP contribution in [0, 0.1) is 0 Å². The highest BCUT2D eigenvalue weighted by atomic mass is 16.7. The van der Waals surface area contributed by atoms with Crippen LogP contribution in [0.25, 0.3) is 0 Å². The molecule has 34 heavy (non-hydrogen) atoms. The first-order valence-electron chi connectivity index (χ1n) is 11.4. The van der Waals surface area contributed by atoms with Crippen LogP contribution in [0.4, 0.5) is 0 Å². The number of hydrogen-bond acceptors (Lipinski definition) is 6. The van der Waals surface area contributed by atoms with E-state index in [1.165, 1.54) is 7.11 Å². The van der Waals surface area contributed by atoms with E-state index in [0.29, 0.717) is 19.5 Å². The predicted molar refractivity (Wildman–Crippen MR) is 127 cm³/mol. The van der Waals surface area contributed by atoms with Crippen molar-refractivity contribution in [1.82, 2.24) is 0 Å². The lowest BCUT2D eigenvalue weighted by Gasteiger charge is -2.29. The second-order valence-corrected chi connectivity index (χ2v) is 8.18. The molecule has 6 nitrogen and oxygen atoms in total. The molecule has 1 heterocycles. The predicted octanol–water partition coefficient (Wildman–Crippen LogP) is 4.31. The SMILES string of the molecule is COC1(C=O)O[C@@H](COCc2ccccc2)[C@H](OCc2ccccc2)[C@H]1OCc1ccccc1. The molecule has 0 N–H and O–H groups in total. The average Bonchev–Trinajstić information content (AvgIpc) is 3.20. The Morgan fingerprint density at radius 1 is 0.765 bits per heavy atom. The molecule has 4 atom stereocenters. The molecule has 0 saturated carbocycles. The van der Waals surface area contributed by atoms with Crippen molar-refractivity contribution < 1.29 is 28.5 Å². The number of carbonyl (C=O) groups excluding carboxylic acids is 1. The molecule has 0 bridgehead atoms. The van der Waals surface area contributed by atoms with Crippen molar-refractivity contribution in [2.24, 2.45) is 0 Å². The fraction of sp³-hybridized carbons (Fsp3) is 0.321. The Morgan fingerprint density at radius 2 is 1.26 bits per heavy atom.